The molecule has 1 saturated heterocycles. The number of rotatable bonds is 3. The van der Waals surface area contributed by atoms with Crippen molar-refractivity contribution < 1.29 is 9.90 Å². The lowest BCUT2D eigenvalue weighted by atomic mass is 9.98. The van der Waals surface area contributed by atoms with E-state index >= 15 is 0 Å². The van der Waals surface area contributed by atoms with Crippen LogP contribution < -0.4 is 5.32 Å². The van der Waals surface area contributed by atoms with Crippen molar-refractivity contribution in [3.8, 4) is 0 Å². The van der Waals surface area contributed by atoms with Gasteiger partial charge in [0.25, 0.3) is 0 Å². The third kappa shape index (κ3) is 2.86. The molecule has 2 rings (SSSR count). The summed E-state index contributed by atoms with van der Waals surface area (Å²) in [6, 6.07) is 5.22. The number of aromatic nitrogens is 1. The zero-order valence-electron chi connectivity index (χ0n) is 10.8. The van der Waals surface area contributed by atoms with E-state index in [1.165, 1.54) is 0 Å². The van der Waals surface area contributed by atoms with Gasteiger partial charge in [-0.2, -0.15) is 0 Å². The quantitative estimate of drug-likeness (QED) is 0.800. The highest BCUT2D eigenvalue weighted by molar-refractivity contribution is 5.83. The number of carbonyl (C=O) groups is 1. The molecule has 1 aromatic rings. The maximum absolute atomic E-state index is 11.9. The summed E-state index contributed by atoms with van der Waals surface area (Å²) in [5.41, 5.74) is 0.624. The first-order valence-electron chi connectivity index (χ1n) is 6.09. The molecule has 2 N–H and O–H groups in total. The van der Waals surface area contributed by atoms with Crippen molar-refractivity contribution in [2.75, 3.05) is 13.2 Å². The lowest BCUT2D eigenvalue weighted by Crippen LogP contribution is -2.65. The number of nitrogens with zero attached hydrogens (tertiary/aromatic N) is 2. The summed E-state index contributed by atoms with van der Waals surface area (Å²) in [7, 11) is 0. The summed E-state index contributed by atoms with van der Waals surface area (Å²) in [6.45, 7) is 5.05. The van der Waals surface area contributed by atoms with Crippen LogP contribution in [0, 0.1) is 0 Å². The molecule has 0 saturated carbocycles. The van der Waals surface area contributed by atoms with Gasteiger partial charge in [-0.25, -0.2) is 0 Å². The number of hydrogen-bond donors (Lipinski definition) is 2. The molecule has 1 aliphatic heterocycles. The molecular formula is C13H19N3O2. The molecule has 1 unspecified atom stereocenters. The van der Waals surface area contributed by atoms with Gasteiger partial charge in [-0.05, 0) is 26.0 Å². The van der Waals surface area contributed by atoms with E-state index in [2.05, 4.69) is 10.3 Å². The Morgan fingerprint density at radius 1 is 1.56 bits per heavy atom. The highest BCUT2D eigenvalue weighted by Crippen LogP contribution is 2.18. The van der Waals surface area contributed by atoms with Gasteiger partial charge in [0.2, 0.25) is 5.91 Å². The van der Waals surface area contributed by atoms with Crippen LogP contribution >= 0.6 is 0 Å². The number of nitrogens with one attached hydrogen (secondary N) is 1. The number of carbonyl (C=O) groups excluding carboxylic acids is 1. The van der Waals surface area contributed by atoms with Gasteiger partial charge >= 0.3 is 0 Å². The van der Waals surface area contributed by atoms with Crippen LogP contribution in [0.1, 0.15) is 19.5 Å². The van der Waals surface area contributed by atoms with Gasteiger partial charge in [0.05, 0.1) is 12.3 Å². The van der Waals surface area contributed by atoms with Crippen LogP contribution in [0.4, 0.5) is 0 Å². The topological polar surface area (TPSA) is 65.5 Å². The number of amides is 1. The summed E-state index contributed by atoms with van der Waals surface area (Å²) in [5, 5.41) is 12.3. The van der Waals surface area contributed by atoms with Crippen molar-refractivity contribution in [2.24, 2.45) is 0 Å². The van der Waals surface area contributed by atoms with Crippen molar-refractivity contribution in [3.05, 3.63) is 30.1 Å². The van der Waals surface area contributed by atoms with E-state index in [4.69, 9.17) is 0 Å². The Hall–Kier alpha value is -1.46. The number of hydrogen-bond acceptors (Lipinski definition) is 4. The maximum Gasteiger partial charge on any atom is 0.240 e. The summed E-state index contributed by atoms with van der Waals surface area (Å²) < 4.78 is 0. The molecule has 18 heavy (non-hydrogen) atoms. The number of pyridine rings is 1. The molecule has 1 aromatic heterocycles. The van der Waals surface area contributed by atoms with Gasteiger partial charge in [-0.1, -0.05) is 6.07 Å². The Kier molecular flexibility index (Phi) is 3.63. The Bertz CT molecular complexity index is 420. The molecule has 98 valence electrons. The van der Waals surface area contributed by atoms with Crippen LogP contribution in [0.25, 0.3) is 0 Å². The summed E-state index contributed by atoms with van der Waals surface area (Å²) in [5.74, 6) is -0.121. The molecule has 1 atom stereocenters. The van der Waals surface area contributed by atoms with Crippen LogP contribution in [0.5, 0.6) is 0 Å². The van der Waals surface area contributed by atoms with Crippen LogP contribution in [0.3, 0.4) is 0 Å². The third-order valence-corrected chi connectivity index (χ3v) is 3.07. The molecule has 5 heteroatoms. The first-order chi connectivity index (χ1) is 8.52. The van der Waals surface area contributed by atoms with Gasteiger partial charge in [0.1, 0.15) is 6.04 Å². The Balaban J connectivity index is 2.15. The summed E-state index contributed by atoms with van der Waals surface area (Å²) in [6.07, 6.45) is 1.73. The predicted octanol–water partition coefficient (Wildman–Crippen LogP) is 0.153. The van der Waals surface area contributed by atoms with Crippen LogP contribution in [0.15, 0.2) is 24.4 Å². The van der Waals surface area contributed by atoms with Gasteiger partial charge in [0, 0.05) is 24.8 Å². The molecule has 0 aromatic carbocycles. The molecular weight excluding hydrogens is 230 g/mol. The maximum atomic E-state index is 11.9. The van der Waals surface area contributed by atoms with Crippen LogP contribution in [-0.4, -0.2) is 45.6 Å². The van der Waals surface area contributed by atoms with E-state index in [-0.39, 0.29) is 18.1 Å². The van der Waals surface area contributed by atoms with E-state index in [0.29, 0.717) is 13.1 Å². The molecule has 5 nitrogen and oxygen atoms in total. The van der Waals surface area contributed by atoms with Crippen molar-refractivity contribution >= 4 is 5.91 Å². The predicted molar refractivity (Wildman–Crippen MR) is 67.7 cm³/mol. The van der Waals surface area contributed by atoms with Crippen molar-refractivity contribution in [1.29, 1.82) is 0 Å². The first kappa shape index (κ1) is 13.0. The number of aliphatic hydroxyl groups excluding tert-OH is 1. The van der Waals surface area contributed by atoms with Crippen molar-refractivity contribution in [1.82, 2.24) is 15.2 Å². The third-order valence-electron chi connectivity index (χ3n) is 3.07. The van der Waals surface area contributed by atoms with Gasteiger partial charge < -0.3 is 10.4 Å². The second-order valence-electron chi connectivity index (χ2n) is 5.30. The van der Waals surface area contributed by atoms with Crippen LogP contribution in [-0.2, 0) is 11.3 Å². The fourth-order valence-corrected chi connectivity index (χ4v) is 2.30. The average Bonchev–Trinajstić information content (AvgIpc) is 2.28. The monoisotopic (exact) mass is 249 g/mol. The molecule has 0 radical (unpaired) electrons. The molecule has 2 heterocycles. The van der Waals surface area contributed by atoms with Crippen molar-refractivity contribution in [2.45, 2.75) is 32.0 Å². The summed E-state index contributed by atoms with van der Waals surface area (Å²) >= 11 is 0. The molecule has 1 aliphatic rings. The minimum Gasteiger partial charge on any atom is -0.394 e. The standard InChI is InChI=1S/C13H19N3O2/c1-13(2)9-16(11(8-17)12(18)15-13)7-10-5-3-4-6-14-10/h3-6,11,17H,7-9H2,1-2H3,(H,15,18). The number of aliphatic hydroxyl groups is 1. The van der Waals surface area contributed by atoms with E-state index in [1.807, 2.05) is 36.9 Å². The smallest absolute Gasteiger partial charge is 0.240 e. The Labute approximate surface area is 107 Å². The zero-order chi connectivity index (χ0) is 13.2. The molecule has 0 aliphatic carbocycles. The SMILES string of the molecule is CC1(C)CN(Cc2ccccn2)C(CO)C(=O)N1. The Morgan fingerprint density at radius 3 is 2.94 bits per heavy atom. The van der Waals surface area contributed by atoms with Gasteiger partial charge in [0.15, 0.2) is 0 Å². The molecule has 0 spiro atoms. The Morgan fingerprint density at radius 2 is 2.33 bits per heavy atom. The molecule has 1 fully saturated rings. The normalized spacial score (nSPS) is 23.7. The van der Waals surface area contributed by atoms with E-state index < -0.39 is 6.04 Å². The first-order valence-corrected chi connectivity index (χ1v) is 6.09. The second kappa shape index (κ2) is 5.04. The molecule has 0 bridgehead atoms. The number of piperazine rings is 1. The van der Waals surface area contributed by atoms with Crippen molar-refractivity contribution in [3.63, 3.8) is 0 Å². The van der Waals surface area contributed by atoms with E-state index in [1.54, 1.807) is 6.20 Å². The molecule has 1 amide bonds. The lowest BCUT2D eigenvalue weighted by molar-refractivity contribution is -0.135. The zero-order valence-corrected chi connectivity index (χ0v) is 10.8. The lowest BCUT2D eigenvalue weighted by Gasteiger charge is -2.42. The highest BCUT2D eigenvalue weighted by Gasteiger charge is 2.37. The highest BCUT2D eigenvalue weighted by atomic mass is 16.3. The second-order valence-corrected chi connectivity index (χ2v) is 5.30. The fraction of sp³-hybridized carbons (Fsp3) is 0.538. The van der Waals surface area contributed by atoms with Gasteiger partial charge in [-0.15, -0.1) is 0 Å². The van der Waals surface area contributed by atoms with E-state index in [0.717, 1.165) is 5.69 Å². The fourth-order valence-electron chi connectivity index (χ4n) is 2.30. The van der Waals surface area contributed by atoms with Crippen LogP contribution in [0.2, 0.25) is 0 Å². The summed E-state index contributed by atoms with van der Waals surface area (Å²) in [4.78, 5) is 18.1. The minimum absolute atomic E-state index is 0.121. The average molecular weight is 249 g/mol. The van der Waals surface area contributed by atoms with E-state index in [9.17, 15) is 9.90 Å². The minimum atomic E-state index is -0.486. The largest absolute Gasteiger partial charge is 0.394 e. The van der Waals surface area contributed by atoms with Gasteiger partial charge in [-0.3, -0.25) is 14.7 Å².